The van der Waals surface area contributed by atoms with Crippen LogP contribution in [0.15, 0.2) is 53.4 Å². The molecule has 150 valence electrons. The molecule has 11 heteroatoms. The zero-order valence-electron chi connectivity index (χ0n) is 15.5. The van der Waals surface area contributed by atoms with Crippen molar-refractivity contribution in [1.82, 2.24) is 19.5 Å². The lowest BCUT2D eigenvalue weighted by molar-refractivity contribution is -0.384. The second-order valence-electron chi connectivity index (χ2n) is 6.49. The first-order chi connectivity index (χ1) is 13.9. The molecule has 2 heterocycles. The van der Waals surface area contributed by atoms with Crippen molar-refractivity contribution < 1.29 is 13.3 Å². The lowest BCUT2D eigenvalue weighted by Crippen LogP contribution is -2.34. The minimum Gasteiger partial charge on any atom is -0.357 e. The fourth-order valence-corrected chi connectivity index (χ4v) is 4.12. The average Bonchev–Trinajstić information content (AvgIpc) is 3.17. The van der Waals surface area contributed by atoms with Gasteiger partial charge in [0.15, 0.2) is 11.6 Å². The third kappa shape index (κ3) is 3.45. The predicted octanol–water partition coefficient (Wildman–Crippen LogP) is 1.78. The number of rotatable bonds is 5. The van der Waals surface area contributed by atoms with Crippen LogP contribution in [0.25, 0.3) is 11.4 Å². The maximum atomic E-state index is 12.0. The van der Waals surface area contributed by atoms with Crippen molar-refractivity contribution in [3.8, 4) is 11.4 Å². The number of anilines is 1. The molecule has 0 aliphatic carbocycles. The Morgan fingerprint density at radius 3 is 2.55 bits per heavy atom. The largest absolute Gasteiger partial charge is 0.357 e. The summed E-state index contributed by atoms with van der Waals surface area (Å²) in [4.78, 5) is 12.7. The van der Waals surface area contributed by atoms with Crippen LogP contribution in [0.3, 0.4) is 0 Å². The molecule has 1 N–H and O–H groups in total. The Morgan fingerprint density at radius 2 is 1.86 bits per heavy atom. The Hall–Kier alpha value is -3.31. The lowest BCUT2D eigenvalue weighted by atomic mass is 10.2. The first-order valence-electron chi connectivity index (χ1n) is 8.85. The first kappa shape index (κ1) is 19.0. The van der Waals surface area contributed by atoms with Crippen molar-refractivity contribution in [2.24, 2.45) is 0 Å². The zero-order chi connectivity index (χ0) is 20.6. The number of nitro benzene ring substituents is 1. The van der Waals surface area contributed by atoms with Gasteiger partial charge in [-0.2, -0.15) is 0 Å². The highest BCUT2D eigenvalue weighted by Crippen LogP contribution is 2.33. The van der Waals surface area contributed by atoms with Crippen LogP contribution in [-0.2, 0) is 23.1 Å². The van der Waals surface area contributed by atoms with E-state index in [-0.39, 0.29) is 10.6 Å². The Kier molecular flexibility index (Phi) is 4.76. The van der Waals surface area contributed by atoms with Crippen molar-refractivity contribution >= 4 is 21.4 Å². The van der Waals surface area contributed by atoms with Crippen LogP contribution in [-0.4, -0.2) is 41.7 Å². The number of hydrogen-bond acceptors (Lipinski definition) is 7. The van der Waals surface area contributed by atoms with Crippen LogP contribution in [0.1, 0.15) is 5.82 Å². The van der Waals surface area contributed by atoms with Crippen LogP contribution < -0.4 is 9.62 Å². The minimum atomic E-state index is -3.78. The third-order valence-electron chi connectivity index (χ3n) is 4.85. The van der Waals surface area contributed by atoms with Crippen LogP contribution in [0.4, 0.5) is 11.4 Å². The van der Waals surface area contributed by atoms with Crippen LogP contribution >= 0.6 is 0 Å². The summed E-state index contributed by atoms with van der Waals surface area (Å²) < 4.78 is 28.2. The second kappa shape index (κ2) is 7.26. The number of benzene rings is 2. The van der Waals surface area contributed by atoms with Gasteiger partial charge in [0.2, 0.25) is 10.0 Å². The van der Waals surface area contributed by atoms with Gasteiger partial charge in [-0.15, -0.1) is 10.2 Å². The van der Waals surface area contributed by atoms with E-state index in [0.717, 1.165) is 17.5 Å². The summed E-state index contributed by atoms with van der Waals surface area (Å²) in [5, 5.41) is 20.1. The van der Waals surface area contributed by atoms with Gasteiger partial charge in [0, 0.05) is 24.7 Å². The Labute approximate surface area is 167 Å². The molecule has 1 aromatic heterocycles. The van der Waals surface area contributed by atoms with Crippen LogP contribution in [0, 0.1) is 10.1 Å². The number of nitrogens with one attached hydrogen (secondary N) is 1. The van der Waals surface area contributed by atoms with E-state index in [0.29, 0.717) is 31.1 Å². The van der Waals surface area contributed by atoms with E-state index in [2.05, 4.69) is 14.9 Å². The lowest BCUT2D eigenvalue weighted by Gasteiger charge is -2.29. The van der Waals surface area contributed by atoms with Crippen LogP contribution in [0.2, 0.25) is 0 Å². The molecule has 1 aliphatic rings. The predicted molar refractivity (Wildman–Crippen MR) is 106 cm³/mol. The van der Waals surface area contributed by atoms with Gasteiger partial charge in [-0.25, -0.2) is 13.1 Å². The van der Waals surface area contributed by atoms with E-state index in [9.17, 15) is 18.5 Å². The third-order valence-corrected chi connectivity index (χ3v) is 6.26. The summed E-state index contributed by atoms with van der Waals surface area (Å²) in [6, 6.07) is 13.6. The standard InChI is InChI=1S/C18H18N6O4S/c1-19-29(27,28)14-7-8-15(16(11-14)24(25)26)22-9-10-23-17(12-22)20-21-18(23)13-5-3-2-4-6-13/h2-8,11,19H,9-10,12H2,1H3. The van der Waals surface area contributed by atoms with E-state index in [4.69, 9.17) is 0 Å². The van der Waals surface area contributed by atoms with Gasteiger partial charge in [0.25, 0.3) is 5.69 Å². The summed E-state index contributed by atoms with van der Waals surface area (Å²) in [6.07, 6.45) is 0. The highest BCUT2D eigenvalue weighted by atomic mass is 32.2. The molecule has 1 aliphatic heterocycles. The van der Waals surface area contributed by atoms with Crippen molar-refractivity contribution in [1.29, 1.82) is 0 Å². The number of hydrogen-bond donors (Lipinski definition) is 1. The molecule has 0 bridgehead atoms. The van der Waals surface area contributed by atoms with Crippen molar-refractivity contribution in [3.63, 3.8) is 0 Å². The number of aromatic nitrogens is 3. The Bertz CT molecular complexity index is 1180. The Morgan fingerprint density at radius 1 is 1.10 bits per heavy atom. The summed E-state index contributed by atoms with van der Waals surface area (Å²) >= 11 is 0. The molecular weight excluding hydrogens is 396 g/mol. The Balaban J connectivity index is 1.68. The summed E-state index contributed by atoms with van der Waals surface area (Å²) in [5.74, 6) is 1.45. The van der Waals surface area contributed by atoms with E-state index >= 15 is 0 Å². The van der Waals surface area contributed by atoms with Crippen molar-refractivity contribution in [3.05, 3.63) is 64.5 Å². The van der Waals surface area contributed by atoms with Gasteiger partial charge >= 0.3 is 0 Å². The van der Waals surface area contributed by atoms with E-state index in [1.165, 1.54) is 19.2 Å². The summed E-state index contributed by atoms with van der Waals surface area (Å²) in [6.45, 7) is 1.39. The highest BCUT2D eigenvalue weighted by Gasteiger charge is 2.28. The van der Waals surface area contributed by atoms with Crippen molar-refractivity contribution in [2.75, 3.05) is 18.5 Å². The molecule has 4 rings (SSSR count). The quantitative estimate of drug-likeness (QED) is 0.498. The van der Waals surface area contributed by atoms with E-state index in [1.54, 1.807) is 0 Å². The SMILES string of the molecule is CNS(=O)(=O)c1ccc(N2CCn3c(nnc3-c3ccccc3)C2)c([N+](=O)[O-])c1. The first-order valence-corrected chi connectivity index (χ1v) is 10.3. The topological polar surface area (TPSA) is 123 Å². The smallest absolute Gasteiger partial charge is 0.293 e. The fourth-order valence-electron chi connectivity index (χ4n) is 3.37. The zero-order valence-corrected chi connectivity index (χ0v) is 16.3. The molecule has 3 aromatic rings. The van der Waals surface area contributed by atoms with E-state index < -0.39 is 14.9 Å². The molecule has 10 nitrogen and oxygen atoms in total. The van der Waals surface area contributed by atoms with Gasteiger partial charge in [-0.3, -0.25) is 10.1 Å². The van der Waals surface area contributed by atoms with E-state index in [1.807, 2.05) is 39.8 Å². The van der Waals surface area contributed by atoms with Gasteiger partial charge in [-0.1, -0.05) is 30.3 Å². The monoisotopic (exact) mass is 414 g/mol. The maximum absolute atomic E-state index is 12.0. The number of fused-ring (bicyclic) bond motifs is 1. The molecule has 0 atom stereocenters. The van der Waals surface area contributed by atoms with Gasteiger partial charge in [0.1, 0.15) is 5.69 Å². The molecule has 0 amide bonds. The molecule has 29 heavy (non-hydrogen) atoms. The maximum Gasteiger partial charge on any atom is 0.293 e. The number of sulfonamides is 1. The molecule has 0 radical (unpaired) electrons. The molecule has 0 saturated heterocycles. The average molecular weight is 414 g/mol. The molecule has 0 fully saturated rings. The highest BCUT2D eigenvalue weighted by molar-refractivity contribution is 7.89. The van der Waals surface area contributed by atoms with Crippen molar-refractivity contribution in [2.45, 2.75) is 18.0 Å². The molecule has 0 spiro atoms. The summed E-state index contributed by atoms with van der Waals surface area (Å²) in [7, 11) is -2.52. The van der Waals surface area contributed by atoms with Gasteiger partial charge in [0.05, 0.1) is 16.4 Å². The second-order valence-corrected chi connectivity index (χ2v) is 8.38. The molecular formula is C18H18N6O4S. The molecule has 0 saturated carbocycles. The molecule has 2 aromatic carbocycles. The van der Waals surface area contributed by atoms with Gasteiger partial charge < -0.3 is 9.47 Å². The number of nitro groups is 1. The fraction of sp³-hybridized carbons (Fsp3) is 0.222. The summed E-state index contributed by atoms with van der Waals surface area (Å²) in [5.41, 5.74) is 1.03. The van der Waals surface area contributed by atoms with Crippen LogP contribution in [0.5, 0.6) is 0 Å². The molecule has 0 unspecified atom stereocenters. The minimum absolute atomic E-state index is 0.151. The normalized spacial score (nSPS) is 13.9. The number of nitrogens with zero attached hydrogens (tertiary/aromatic N) is 5. The van der Waals surface area contributed by atoms with Gasteiger partial charge in [-0.05, 0) is 19.2 Å².